The Balaban J connectivity index is 1.40. The molecule has 180 valence electrons. The summed E-state index contributed by atoms with van der Waals surface area (Å²) in [5.74, 6) is -0.0399. The zero-order chi connectivity index (χ0) is 24.0. The third-order valence-electron chi connectivity index (χ3n) is 7.76. The van der Waals surface area contributed by atoms with Gasteiger partial charge < -0.3 is 4.74 Å². The molecule has 1 aromatic carbocycles. The minimum absolute atomic E-state index is 0.0846. The van der Waals surface area contributed by atoms with Crippen molar-refractivity contribution in [3.8, 4) is 11.1 Å². The van der Waals surface area contributed by atoms with E-state index in [1.54, 1.807) is 16.6 Å². The molecule has 0 amide bonds. The number of ether oxygens (including phenoxy) is 1. The molecule has 3 fully saturated rings. The van der Waals surface area contributed by atoms with Crippen molar-refractivity contribution >= 4 is 22.1 Å². The van der Waals surface area contributed by atoms with Gasteiger partial charge in [0.05, 0.1) is 17.9 Å². The number of cyclic esters (lactones) is 1. The van der Waals surface area contributed by atoms with E-state index in [0.717, 1.165) is 23.2 Å². The minimum Gasteiger partial charge on any atom is -0.462 e. The van der Waals surface area contributed by atoms with Crippen molar-refractivity contribution in [2.45, 2.75) is 25.9 Å². The van der Waals surface area contributed by atoms with Gasteiger partial charge in [0.2, 0.25) is 10.0 Å². The van der Waals surface area contributed by atoms with E-state index < -0.39 is 10.0 Å². The highest BCUT2D eigenvalue weighted by Crippen LogP contribution is 2.51. The van der Waals surface area contributed by atoms with Crippen molar-refractivity contribution in [2.24, 2.45) is 29.6 Å². The zero-order valence-corrected chi connectivity index (χ0v) is 20.1. The lowest BCUT2D eigenvalue weighted by atomic mass is 9.59. The van der Waals surface area contributed by atoms with E-state index in [1.165, 1.54) is 18.4 Å². The number of sulfonamides is 1. The van der Waals surface area contributed by atoms with Crippen LogP contribution in [-0.2, 0) is 19.6 Å². The van der Waals surface area contributed by atoms with Crippen LogP contribution in [0.15, 0.2) is 48.7 Å². The fourth-order valence-electron chi connectivity index (χ4n) is 6.18. The normalized spacial score (nSPS) is 31.8. The molecule has 0 N–H and O–H groups in total. The quantitative estimate of drug-likeness (QED) is 0.614. The van der Waals surface area contributed by atoms with Crippen LogP contribution in [0, 0.1) is 35.4 Å². The van der Waals surface area contributed by atoms with Gasteiger partial charge in [0.1, 0.15) is 11.9 Å². The van der Waals surface area contributed by atoms with Gasteiger partial charge in [-0.05, 0) is 67.4 Å². The third-order valence-corrected chi connectivity index (χ3v) is 9.03. The number of carbonyl (C=O) groups is 1. The Hall–Kier alpha value is -2.58. The summed E-state index contributed by atoms with van der Waals surface area (Å²) in [6.45, 7) is 2.92. The number of pyridine rings is 1. The first-order valence-electron chi connectivity index (χ1n) is 11.8. The number of aromatic nitrogens is 1. The number of nitrogens with zero attached hydrogens (tertiary/aromatic N) is 2. The Morgan fingerprint density at radius 3 is 2.74 bits per heavy atom. The summed E-state index contributed by atoms with van der Waals surface area (Å²) in [6, 6.07) is 10.2. The molecular weight excluding hydrogens is 455 g/mol. The standard InChI is InChI=1S/C26H29FN2O4S/c1-16-25-23(9-8-21-7-6-18(14-28-21)17-4-3-5-20(27)12-17)22-10-11-29(34(2,31)32)15-19(22)13-24(25)26(30)33-16/h3-9,12,14,16,19,22-25H,10-11,13,15H2,1-2H3/b9-8+. The van der Waals surface area contributed by atoms with Crippen LogP contribution in [0.5, 0.6) is 0 Å². The Labute approximate surface area is 199 Å². The summed E-state index contributed by atoms with van der Waals surface area (Å²) in [5, 5.41) is 0. The monoisotopic (exact) mass is 484 g/mol. The Bertz CT molecular complexity index is 1210. The van der Waals surface area contributed by atoms with E-state index in [9.17, 15) is 17.6 Å². The molecule has 1 aromatic heterocycles. The summed E-state index contributed by atoms with van der Waals surface area (Å²) in [7, 11) is -3.26. The molecule has 1 saturated carbocycles. The molecule has 0 radical (unpaired) electrons. The summed E-state index contributed by atoms with van der Waals surface area (Å²) in [5.41, 5.74) is 2.39. The third kappa shape index (κ3) is 4.41. The van der Waals surface area contributed by atoms with Gasteiger partial charge in [-0.2, -0.15) is 0 Å². The number of carbonyl (C=O) groups excluding carboxylic acids is 1. The molecule has 0 spiro atoms. The molecule has 3 heterocycles. The molecule has 2 aromatic rings. The van der Waals surface area contributed by atoms with E-state index in [2.05, 4.69) is 11.1 Å². The van der Waals surface area contributed by atoms with Crippen LogP contribution in [0.4, 0.5) is 4.39 Å². The summed E-state index contributed by atoms with van der Waals surface area (Å²) >= 11 is 0. The van der Waals surface area contributed by atoms with Gasteiger partial charge in [0, 0.05) is 30.8 Å². The average molecular weight is 485 g/mol. The number of fused-ring (bicyclic) bond motifs is 2. The number of hydrogen-bond donors (Lipinski definition) is 0. The molecule has 6 unspecified atom stereocenters. The number of allylic oxidation sites excluding steroid dienone is 1. The molecular formula is C26H29FN2O4S. The van der Waals surface area contributed by atoms with Crippen molar-refractivity contribution in [2.75, 3.05) is 19.3 Å². The maximum atomic E-state index is 13.5. The second-order valence-corrected chi connectivity index (χ2v) is 11.8. The zero-order valence-electron chi connectivity index (χ0n) is 19.3. The second-order valence-electron chi connectivity index (χ2n) is 9.81. The number of hydrogen-bond acceptors (Lipinski definition) is 5. The minimum atomic E-state index is -3.26. The number of benzene rings is 1. The first kappa shape index (κ1) is 23.2. The molecule has 6 atom stereocenters. The summed E-state index contributed by atoms with van der Waals surface area (Å²) in [4.78, 5) is 17.1. The van der Waals surface area contributed by atoms with Crippen molar-refractivity contribution in [1.82, 2.24) is 9.29 Å². The molecule has 1 aliphatic carbocycles. The molecule has 34 heavy (non-hydrogen) atoms. The number of halogens is 1. The van der Waals surface area contributed by atoms with Crippen LogP contribution in [0.1, 0.15) is 25.5 Å². The molecule has 8 heteroatoms. The lowest BCUT2D eigenvalue weighted by molar-refractivity contribution is -0.144. The summed E-state index contributed by atoms with van der Waals surface area (Å²) < 4.78 is 45.0. The van der Waals surface area contributed by atoms with Gasteiger partial charge in [-0.1, -0.05) is 24.3 Å². The van der Waals surface area contributed by atoms with Gasteiger partial charge >= 0.3 is 5.97 Å². The van der Waals surface area contributed by atoms with Crippen molar-refractivity contribution in [3.63, 3.8) is 0 Å². The SMILES string of the molecule is CC1OC(=O)C2CC3CN(S(C)(=O)=O)CCC3C(/C=C/c3ccc(-c4cccc(F)c4)cn3)C12. The van der Waals surface area contributed by atoms with Crippen molar-refractivity contribution < 1.29 is 22.3 Å². The van der Waals surface area contributed by atoms with Gasteiger partial charge in [-0.15, -0.1) is 0 Å². The topological polar surface area (TPSA) is 76.6 Å². The first-order valence-corrected chi connectivity index (χ1v) is 13.6. The van der Waals surface area contributed by atoms with Crippen LogP contribution in [0.3, 0.4) is 0 Å². The van der Waals surface area contributed by atoms with Crippen LogP contribution in [0.25, 0.3) is 17.2 Å². The molecule has 2 aliphatic heterocycles. The molecule has 5 rings (SSSR count). The van der Waals surface area contributed by atoms with E-state index >= 15 is 0 Å². The lowest BCUT2D eigenvalue weighted by Crippen LogP contribution is -2.51. The first-order chi connectivity index (χ1) is 16.2. The van der Waals surface area contributed by atoms with E-state index in [1.807, 2.05) is 31.2 Å². The van der Waals surface area contributed by atoms with Gasteiger partial charge in [0.15, 0.2) is 0 Å². The van der Waals surface area contributed by atoms with Crippen LogP contribution in [0.2, 0.25) is 0 Å². The lowest BCUT2D eigenvalue weighted by Gasteiger charge is -2.47. The van der Waals surface area contributed by atoms with E-state index in [-0.39, 0.29) is 41.6 Å². The van der Waals surface area contributed by atoms with Gasteiger partial charge in [0.25, 0.3) is 0 Å². The highest BCUT2D eigenvalue weighted by molar-refractivity contribution is 7.88. The molecule has 3 aliphatic rings. The molecule has 2 saturated heterocycles. The maximum Gasteiger partial charge on any atom is 0.309 e. The number of rotatable bonds is 4. The maximum absolute atomic E-state index is 13.5. The highest BCUT2D eigenvalue weighted by atomic mass is 32.2. The van der Waals surface area contributed by atoms with Gasteiger partial charge in [-0.3, -0.25) is 9.78 Å². The number of esters is 1. The second kappa shape index (κ2) is 8.89. The van der Waals surface area contributed by atoms with E-state index in [0.29, 0.717) is 25.4 Å². The average Bonchev–Trinajstić information content (AvgIpc) is 3.09. The largest absolute Gasteiger partial charge is 0.462 e. The van der Waals surface area contributed by atoms with Gasteiger partial charge in [-0.25, -0.2) is 17.1 Å². The van der Waals surface area contributed by atoms with E-state index in [4.69, 9.17) is 4.74 Å². The highest BCUT2D eigenvalue weighted by Gasteiger charge is 2.54. The molecule has 6 nitrogen and oxygen atoms in total. The fraction of sp³-hybridized carbons (Fsp3) is 0.462. The van der Waals surface area contributed by atoms with Crippen LogP contribution < -0.4 is 0 Å². The Morgan fingerprint density at radius 1 is 1.21 bits per heavy atom. The predicted molar refractivity (Wildman–Crippen MR) is 127 cm³/mol. The van der Waals surface area contributed by atoms with Crippen LogP contribution in [-0.4, -0.2) is 49.1 Å². The van der Waals surface area contributed by atoms with Crippen molar-refractivity contribution in [3.05, 3.63) is 60.2 Å². The fourth-order valence-corrected chi connectivity index (χ4v) is 7.08. The Morgan fingerprint density at radius 2 is 2.03 bits per heavy atom. The molecule has 0 bridgehead atoms. The smallest absolute Gasteiger partial charge is 0.309 e. The van der Waals surface area contributed by atoms with Crippen LogP contribution >= 0.6 is 0 Å². The van der Waals surface area contributed by atoms with Crippen molar-refractivity contribution in [1.29, 1.82) is 0 Å². The Kier molecular flexibility index (Phi) is 6.06. The number of piperidine rings is 1. The summed E-state index contributed by atoms with van der Waals surface area (Å²) in [6.07, 6.45) is 8.39. The predicted octanol–water partition coefficient (Wildman–Crippen LogP) is 4.00.